The number of phenolic OH excluding ortho intramolecular Hbond substituents is 2. The fraction of sp³-hybridized carbons (Fsp3) is 0.710. The molecular formula is C31H44N2O6S. The molecule has 0 radical (unpaired) electrons. The third-order valence-electron chi connectivity index (χ3n) is 10.8. The molecule has 8 nitrogen and oxygen atoms in total. The summed E-state index contributed by atoms with van der Waals surface area (Å²) in [6.07, 6.45) is 7.80. The third kappa shape index (κ3) is 5.42. The molecule has 3 saturated carbocycles. The van der Waals surface area contributed by atoms with Gasteiger partial charge in [0.1, 0.15) is 18.2 Å². The fourth-order valence-electron chi connectivity index (χ4n) is 7.71. The monoisotopic (exact) mass is 572 g/mol. The number of benzene rings is 1. The number of amides is 2. The van der Waals surface area contributed by atoms with Gasteiger partial charge in [0.2, 0.25) is 11.8 Å². The minimum atomic E-state index is -0.712. The van der Waals surface area contributed by atoms with Gasteiger partial charge in [-0.1, -0.05) is 46.1 Å². The molecule has 2 amide bonds. The van der Waals surface area contributed by atoms with Crippen LogP contribution < -0.4 is 5.32 Å². The number of carbonyl (C=O) groups excluding carboxylic acids is 3. The lowest BCUT2D eigenvalue weighted by atomic mass is 9.70. The van der Waals surface area contributed by atoms with E-state index in [4.69, 9.17) is 4.74 Å². The molecule has 1 aliphatic heterocycles. The summed E-state index contributed by atoms with van der Waals surface area (Å²) in [5.74, 6) is 0.428. The predicted octanol–water partition coefficient (Wildman–Crippen LogP) is 4.41. The summed E-state index contributed by atoms with van der Waals surface area (Å²) in [6.45, 7) is 7.28. The van der Waals surface area contributed by atoms with E-state index < -0.39 is 12.1 Å². The number of carbonyl (C=O) groups is 3. The fourth-order valence-corrected chi connectivity index (χ4v) is 8.74. The molecule has 4 aliphatic rings. The number of esters is 1. The molecule has 40 heavy (non-hydrogen) atoms. The number of hydrogen-bond acceptors (Lipinski definition) is 7. The van der Waals surface area contributed by atoms with Gasteiger partial charge in [0, 0.05) is 23.5 Å². The zero-order valence-electron chi connectivity index (χ0n) is 24.0. The number of rotatable bonds is 7. The Hall–Kier alpha value is -2.42. The van der Waals surface area contributed by atoms with Crippen LogP contribution in [0.3, 0.4) is 0 Å². The van der Waals surface area contributed by atoms with Gasteiger partial charge in [-0.15, -0.1) is 0 Å². The summed E-state index contributed by atoms with van der Waals surface area (Å²) in [5, 5.41) is 22.4. The van der Waals surface area contributed by atoms with Crippen molar-refractivity contribution in [2.45, 2.75) is 96.7 Å². The van der Waals surface area contributed by atoms with Crippen molar-refractivity contribution in [3.63, 3.8) is 0 Å². The molecule has 1 saturated heterocycles. The average molecular weight is 573 g/mol. The standard InChI is InChI=1S/C31H44N2O6S/c1-30(2)21-11-12-31(30,3)25(17-21)39-29(38)22-18-40-14-13-33(22)28(37)27(20-7-5-4-6-8-20)32-26(36)16-19-9-10-23(34)24(35)15-19/h9-10,15,20-22,25,27,34-35H,4-8,11-14,16-18H2,1-3H3,(H,32,36). The van der Waals surface area contributed by atoms with Gasteiger partial charge >= 0.3 is 5.97 Å². The third-order valence-corrected chi connectivity index (χ3v) is 11.8. The summed E-state index contributed by atoms with van der Waals surface area (Å²) < 4.78 is 6.23. The van der Waals surface area contributed by atoms with Crippen LogP contribution in [-0.4, -0.2) is 69.1 Å². The first-order chi connectivity index (χ1) is 19.0. The number of ether oxygens (including phenoxy) is 1. The highest BCUT2D eigenvalue weighted by molar-refractivity contribution is 7.99. The second kappa shape index (κ2) is 11.5. The zero-order valence-corrected chi connectivity index (χ0v) is 24.8. The Balaban J connectivity index is 1.31. The van der Waals surface area contributed by atoms with E-state index in [-0.39, 0.29) is 58.6 Å². The quantitative estimate of drug-likeness (QED) is 0.327. The first-order valence-electron chi connectivity index (χ1n) is 14.9. The number of nitrogens with zero attached hydrogens (tertiary/aromatic N) is 1. The van der Waals surface area contributed by atoms with Gasteiger partial charge in [-0.25, -0.2) is 4.79 Å². The summed E-state index contributed by atoms with van der Waals surface area (Å²) in [4.78, 5) is 42.6. The van der Waals surface area contributed by atoms with Gasteiger partial charge in [0.15, 0.2) is 11.5 Å². The van der Waals surface area contributed by atoms with Gasteiger partial charge < -0.3 is 25.2 Å². The Kier molecular flexibility index (Phi) is 8.33. The van der Waals surface area contributed by atoms with Crippen LogP contribution in [0, 0.1) is 22.7 Å². The van der Waals surface area contributed by atoms with Crippen LogP contribution in [0.15, 0.2) is 18.2 Å². The summed E-state index contributed by atoms with van der Waals surface area (Å²) in [6, 6.07) is 2.92. The maximum Gasteiger partial charge on any atom is 0.330 e. The molecule has 3 aliphatic carbocycles. The average Bonchev–Trinajstić information content (AvgIpc) is 3.27. The summed E-state index contributed by atoms with van der Waals surface area (Å²) in [5.41, 5.74) is 0.616. The molecule has 2 bridgehead atoms. The number of thioether (sulfide) groups is 1. The van der Waals surface area contributed by atoms with Crippen molar-refractivity contribution in [1.29, 1.82) is 0 Å². The van der Waals surface area contributed by atoms with E-state index in [0.29, 0.717) is 23.8 Å². The first kappa shape index (κ1) is 29.1. The Morgan fingerprint density at radius 3 is 2.50 bits per heavy atom. The molecule has 4 fully saturated rings. The van der Waals surface area contributed by atoms with Gasteiger partial charge in [0.25, 0.3) is 0 Å². The number of hydrogen-bond donors (Lipinski definition) is 3. The molecule has 3 N–H and O–H groups in total. The molecule has 5 unspecified atom stereocenters. The van der Waals surface area contributed by atoms with Gasteiger partial charge in [0.05, 0.1) is 6.42 Å². The van der Waals surface area contributed by atoms with E-state index in [1.165, 1.54) is 18.6 Å². The van der Waals surface area contributed by atoms with Crippen LogP contribution in [0.2, 0.25) is 0 Å². The highest BCUT2D eigenvalue weighted by atomic mass is 32.2. The number of nitrogens with one attached hydrogen (secondary N) is 1. The number of phenols is 2. The van der Waals surface area contributed by atoms with Crippen molar-refractivity contribution < 1.29 is 29.3 Å². The molecule has 1 aromatic rings. The van der Waals surface area contributed by atoms with Gasteiger partial charge in [-0.3, -0.25) is 9.59 Å². The van der Waals surface area contributed by atoms with Crippen LogP contribution in [0.4, 0.5) is 0 Å². The van der Waals surface area contributed by atoms with Crippen molar-refractivity contribution in [2.75, 3.05) is 18.1 Å². The van der Waals surface area contributed by atoms with Crippen molar-refractivity contribution in [2.24, 2.45) is 22.7 Å². The maximum atomic E-state index is 14.2. The predicted molar refractivity (Wildman–Crippen MR) is 154 cm³/mol. The van der Waals surface area contributed by atoms with E-state index in [0.717, 1.165) is 50.7 Å². The van der Waals surface area contributed by atoms with E-state index in [1.54, 1.807) is 22.7 Å². The largest absolute Gasteiger partial charge is 0.504 e. The first-order valence-corrected chi connectivity index (χ1v) is 16.1. The molecule has 5 rings (SSSR count). The van der Waals surface area contributed by atoms with Crippen LogP contribution >= 0.6 is 11.8 Å². The normalized spacial score (nSPS) is 30.6. The van der Waals surface area contributed by atoms with Gasteiger partial charge in [-0.05, 0) is 67.1 Å². The molecular weight excluding hydrogens is 528 g/mol. The van der Waals surface area contributed by atoms with Crippen LogP contribution in [0.1, 0.15) is 77.7 Å². The SMILES string of the molecule is CC1(C)C2CCC1(C)C(OC(=O)C1CSCCN1C(=O)C(NC(=O)Cc1ccc(O)c(O)c1)C1CCCCC1)C2. The molecule has 1 aromatic carbocycles. The van der Waals surface area contributed by atoms with Crippen molar-refractivity contribution in [3.8, 4) is 11.5 Å². The smallest absolute Gasteiger partial charge is 0.330 e. The highest BCUT2D eigenvalue weighted by Gasteiger charge is 2.63. The maximum absolute atomic E-state index is 14.2. The number of fused-ring (bicyclic) bond motifs is 2. The van der Waals surface area contributed by atoms with Gasteiger partial charge in [-0.2, -0.15) is 11.8 Å². The van der Waals surface area contributed by atoms with E-state index >= 15 is 0 Å². The Morgan fingerprint density at radius 2 is 1.85 bits per heavy atom. The molecule has 220 valence electrons. The molecule has 0 aromatic heterocycles. The molecule has 5 atom stereocenters. The minimum absolute atomic E-state index is 0.00921. The highest BCUT2D eigenvalue weighted by Crippen LogP contribution is 2.66. The van der Waals surface area contributed by atoms with Crippen molar-refractivity contribution in [3.05, 3.63) is 23.8 Å². The van der Waals surface area contributed by atoms with Crippen LogP contribution in [-0.2, 0) is 25.5 Å². The van der Waals surface area contributed by atoms with E-state index in [1.807, 2.05) is 0 Å². The lowest BCUT2D eigenvalue weighted by molar-refractivity contribution is -0.166. The molecule has 9 heteroatoms. The summed E-state index contributed by atoms with van der Waals surface area (Å²) >= 11 is 1.66. The molecule has 0 spiro atoms. The van der Waals surface area contributed by atoms with Crippen molar-refractivity contribution in [1.82, 2.24) is 10.2 Å². The minimum Gasteiger partial charge on any atom is -0.504 e. The van der Waals surface area contributed by atoms with Crippen LogP contribution in [0.25, 0.3) is 0 Å². The lowest BCUT2D eigenvalue weighted by Crippen LogP contribution is -2.59. The Morgan fingerprint density at radius 1 is 1.10 bits per heavy atom. The lowest BCUT2D eigenvalue weighted by Gasteiger charge is -2.41. The second-order valence-corrected chi connectivity index (χ2v) is 14.3. The Labute approximate surface area is 241 Å². The second-order valence-electron chi connectivity index (χ2n) is 13.1. The van der Waals surface area contributed by atoms with E-state index in [9.17, 15) is 24.6 Å². The topological polar surface area (TPSA) is 116 Å². The molecule has 1 heterocycles. The van der Waals surface area contributed by atoms with Crippen molar-refractivity contribution >= 4 is 29.5 Å². The Bertz CT molecular complexity index is 1130. The number of aromatic hydroxyl groups is 2. The van der Waals surface area contributed by atoms with Crippen LogP contribution in [0.5, 0.6) is 11.5 Å². The van der Waals surface area contributed by atoms with E-state index in [2.05, 4.69) is 26.1 Å². The zero-order chi connectivity index (χ0) is 28.7. The summed E-state index contributed by atoms with van der Waals surface area (Å²) in [7, 11) is 0.